The van der Waals surface area contributed by atoms with Crippen molar-refractivity contribution in [3.63, 3.8) is 0 Å². The zero-order valence-electron chi connectivity index (χ0n) is 8.13. The number of hydrogen-bond donors (Lipinski definition) is 1. The molecule has 1 unspecified atom stereocenters. The minimum absolute atomic E-state index is 0.317. The molecule has 0 radical (unpaired) electrons. The van der Waals surface area contributed by atoms with Crippen LogP contribution in [-0.4, -0.2) is 48.8 Å². The molecule has 0 spiro atoms. The Kier molecular flexibility index (Phi) is 3.24. The van der Waals surface area contributed by atoms with E-state index in [1.165, 1.54) is 6.92 Å². The van der Waals surface area contributed by atoms with E-state index in [1.54, 1.807) is 0 Å². The van der Waals surface area contributed by atoms with Gasteiger partial charge in [-0.05, 0) is 6.92 Å². The van der Waals surface area contributed by atoms with E-state index >= 15 is 0 Å². The first-order valence-electron chi connectivity index (χ1n) is 3.85. The number of carbonyl (C=O) groups is 1. The Morgan fingerprint density at radius 1 is 1.58 bits per heavy atom. The predicted molar refractivity (Wildman–Crippen MR) is 43.1 cm³/mol. The highest BCUT2D eigenvalue weighted by Gasteiger charge is 2.28. The predicted octanol–water partition coefficient (Wildman–Crippen LogP) is -1.42. The topological polar surface area (TPSA) is 60.4 Å². The SMILES string of the molecule is C[N+](C)(C)CC([14CH3])(O)CC(=O)[O-]. The molecule has 1 atom stereocenters. The van der Waals surface area contributed by atoms with Crippen LogP contribution in [0.25, 0.3) is 0 Å². The van der Waals surface area contributed by atoms with E-state index in [4.69, 9.17) is 0 Å². The second-order valence-corrected chi connectivity index (χ2v) is 4.49. The van der Waals surface area contributed by atoms with Crippen LogP contribution in [-0.2, 0) is 4.79 Å². The molecular formula is C8H17NO3. The fourth-order valence-electron chi connectivity index (χ4n) is 1.39. The summed E-state index contributed by atoms with van der Waals surface area (Å²) >= 11 is 0. The van der Waals surface area contributed by atoms with Crippen molar-refractivity contribution >= 4 is 5.97 Å². The summed E-state index contributed by atoms with van der Waals surface area (Å²) in [6.45, 7) is 1.90. The summed E-state index contributed by atoms with van der Waals surface area (Å²) in [5, 5.41) is 19.8. The van der Waals surface area contributed by atoms with Crippen molar-refractivity contribution in [2.24, 2.45) is 0 Å². The van der Waals surface area contributed by atoms with Gasteiger partial charge in [-0.3, -0.25) is 0 Å². The molecule has 1 N–H and O–H groups in total. The fraction of sp³-hybridized carbons (Fsp3) is 0.875. The van der Waals surface area contributed by atoms with Gasteiger partial charge in [0.2, 0.25) is 0 Å². The molecule has 12 heavy (non-hydrogen) atoms. The quantitative estimate of drug-likeness (QED) is 0.536. The van der Waals surface area contributed by atoms with E-state index in [2.05, 4.69) is 0 Å². The van der Waals surface area contributed by atoms with Crippen molar-refractivity contribution in [2.45, 2.75) is 18.9 Å². The molecule has 0 aliphatic heterocycles. The maximum absolute atomic E-state index is 10.2. The van der Waals surface area contributed by atoms with Crippen LogP contribution in [0.2, 0.25) is 0 Å². The molecule has 0 heterocycles. The number of aliphatic hydroxyl groups is 1. The van der Waals surface area contributed by atoms with Crippen molar-refractivity contribution in [1.29, 1.82) is 0 Å². The lowest BCUT2D eigenvalue weighted by atomic mass is 10.1. The van der Waals surface area contributed by atoms with Gasteiger partial charge < -0.3 is 19.5 Å². The average Bonchev–Trinajstić information content (AvgIpc) is 1.48. The molecule has 0 rings (SSSR count). The highest BCUT2D eigenvalue weighted by molar-refractivity contribution is 5.65. The number of rotatable bonds is 4. The summed E-state index contributed by atoms with van der Waals surface area (Å²) in [7, 11) is 5.68. The van der Waals surface area contributed by atoms with Crippen LogP contribution in [0, 0.1) is 0 Å². The maximum atomic E-state index is 10.2. The van der Waals surface area contributed by atoms with Crippen LogP contribution in [0.15, 0.2) is 0 Å². The summed E-state index contributed by atoms with van der Waals surface area (Å²) in [4.78, 5) is 10.2. The van der Waals surface area contributed by atoms with Gasteiger partial charge in [0.1, 0.15) is 12.1 Å². The van der Waals surface area contributed by atoms with E-state index in [0.29, 0.717) is 11.0 Å². The number of quaternary nitrogens is 1. The van der Waals surface area contributed by atoms with Gasteiger partial charge in [0, 0.05) is 12.4 Å². The van der Waals surface area contributed by atoms with Crippen molar-refractivity contribution < 1.29 is 19.5 Å². The van der Waals surface area contributed by atoms with Crippen molar-refractivity contribution in [3.05, 3.63) is 0 Å². The normalized spacial score (nSPS) is 17.1. The fourth-order valence-corrected chi connectivity index (χ4v) is 1.39. The van der Waals surface area contributed by atoms with Crippen LogP contribution in [0.3, 0.4) is 0 Å². The number of carboxylic acids is 1. The van der Waals surface area contributed by atoms with Crippen LogP contribution >= 0.6 is 0 Å². The highest BCUT2D eigenvalue weighted by atomic mass is 16.4. The molecule has 0 fully saturated rings. The molecular weight excluding hydrogens is 160 g/mol. The van der Waals surface area contributed by atoms with Gasteiger partial charge in [-0.1, -0.05) is 0 Å². The van der Waals surface area contributed by atoms with Crippen LogP contribution in [0.1, 0.15) is 13.3 Å². The summed E-state index contributed by atoms with van der Waals surface area (Å²) in [6, 6.07) is 0. The van der Waals surface area contributed by atoms with Crippen molar-refractivity contribution in [1.82, 2.24) is 0 Å². The van der Waals surface area contributed by atoms with E-state index in [-0.39, 0.29) is 6.42 Å². The number of hydrogen-bond acceptors (Lipinski definition) is 3. The van der Waals surface area contributed by atoms with Gasteiger partial charge in [0.05, 0.1) is 21.1 Å². The Morgan fingerprint density at radius 3 is 2.25 bits per heavy atom. The van der Waals surface area contributed by atoms with E-state index in [9.17, 15) is 15.0 Å². The third-order valence-electron chi connectivity index (χ3n) is 1.34. The van der Waals surface area contributed by atoms with Crippen molar-refractivity contribution in [3.8, 4) is 0 Å². The smallest absolute Gasteiger partial charge is 0.116 e. The first-order chi connectivity index (χ1) is 5.12. The molecule has 0 aromatic heterocycles. The largest absolute Gasteiger partial charge is 0.550 e. The number of aliphatic carboxylic acids is 1. The zero-order chi connectivity index (χ0) is 9.99. The lowest BCUT2D eigenvalue weighted by molar-refractivity contribution is -0.876. The van der Waals surface area contributed by atoms with Crippen molar-refractivity contribution in [2.75, 3.05) is 27.7 Å². The Balaban J connectivity index is 4.13. The monoisotopic (exact) mass is 177 g/mol. The molecule has 0 aliphatic rings. The molecule has 0 saturated carbocycles. The Hall–Kier alpha value is -0.610. The second-order valence-electron chi connectivity index (χ2n) is 4.49. The summed E-state index contributed by atoms with van der Waals surface area (Å²) in [6.07, 6.45) is -0.317. The summed E-state index contributed by atoms with van der Waals surface area (Å²) in [5.74, 6) is -1.21. The van der Waals surface area contributed by atoms with Gasteiger partial charge >= 0.3 is 0 Å². The average molecular weight is 177 g/mol. The molecule has 0 amide bonds. The maximum Gasteiger partial charge on any atom is 0.116 e. The summed E-state index contributed by atoms with van der Waals surface area (Å²) in [5.41, 5.74) is -1.18. The molecule has 4 nitrogen and oxygen atoms in total. The Bertz CT molecular complexity index is 170. The minimum atomic E-state index is -1.21. The van der Waals surface area contributed by atoms with Gasteiger partial charge in [-0.15, -0.1) is 0 Å². The second kappa shape index (κ2) is 3.41. The zero-order valence-corrected chi connectivity index (χ0v) is 8.13. The molecule has 4 heteroatoms. The van der Waals surface area contributed by atoms with E-state index in [1.807, 2.05) is 21.1 Å². The minimum Gasteiger partial charge on any atom is -0.550 e. The Morgan fingerprint density at radius 2 is 2.00 bits per heavy atom. The molecule has 0 saturated heterocycles. The number of likely N-dealkylation sites (N-methyl/N-ethyl adjacent to an activating group) is 1. The van der Waals surface area contributed by atoms with Crippen LogP contribution in [0.5, 0.6) is 0 Å². The third-order valence-corrected chi connectivity index (χ3v) is 1.34. The number of nitrogens with zero attached hydrogens (tertiary/aromatic N) is 1. The van der Waals surface area contributed by atoms with Gasteiger partial charge in [0.15, 0.2) is 0 Å². The van der Waals surface area contributed by atoms with E-state index in [0.717, 1.165) is 0 Å². The van der Waals surface area contributed by atoms with Gasteiger partial charge in [-0.25, -0.2) is 0 Å². The first-order valence-corrected chi connectivity index (χ1v) is 3.85. The standard InChI is InChI=1S/C8H17NO3/c1-8(12,5-7(10)11)6-9(2,3)4/h12H,5-6H2,1-4H3/i1+2. The number of carbonyl (C=O) groups excluding carboxylic acids is 1. The van der Waals surface area contributed by atoms with Gasteiger partial charge in [0.25, 0.3) is 0 Å². The molecule has 72 valence electrons. The third kappa shape index (κ3) is 6.12. The summed E-state index contributed by atoms with van der Waals surface area (Å²) < 4.78 is 0.528. The molecule has 0 aromatic rings. The number of carboxylic acid groups (broad SMARTS) is 1. The Labute approximate surface area is 73.0 Å². The highest BCUT2D eigenvalue weighted by Crippen LogP contribution is 2.12. The van der Waals surface area contributed by atoms with E-state index < -0.39 is 11.6 Å². The lowest BCUT2D eigenvalue weighted by Crippen LogP contribution is -2.50. The van der Waals surface area contributed by atoms with Crippen LogP contribution < -0.4 is 5.11 Å². The van der Waals surface area contributed by atoms with Gasteiger partial charge in [-0.2, -0.15) is 0 Å². The van der Waals surface area contributed by atoms with Crippen LogP contribution in [0.4, 0.5) is 0 Å². The molecule has 0 aliphatic carbocycles. The molecule has 0 aromatic carbocycles. The lowest BCUT2D eigenvalue weighted by Gasteiger charge is -2.33. The molecule has 0 bridgehead atoms. The first kappa shape index (κ1) is 11.4.